The van der Waals surface area contributed by atoms with Gasteiger partial charge in [0.1, 0.15) is 0 Å². The molecule has 16 heavy (non-hydrogen) atoms. The monoisotopic (exact) mass is 353 g/mol. The number of aryl methyl sites for hydroxylation is 1. The minimum Gasteiger partial charge on any atom is -0.388 e. The maximum atomic E-state index is 12.5. The lowest BCUT2D eigenvalue weighted by molar-refractivity contribution is -0.276. The van der Waals surface area contributed by atoms with Crippen molar-refractivity contribution in [2.75, 3.05) is 0 Å². The molecule has 90 valence electrons. The fraction of sp³-hybridized carbons (Fsp3) is 0.375. The van der Waals surface area contributed by atoms with E-state index >= 15 is 0 Å². The third-order valence-corrected chi connectivity index (χ3v) is 2.99. The molecular weight excluding hydrogens is 348 g/mol. The molecule has 0 aliphatic rings. The molecule has 0 aliphatic carbocycles. The first-order valence-electron chi connectivity index (χ1n) is 3.91. The normalized spacial score (nSPS) is 12.0. The van der Waals surface area contributed by atoms with Gasteiger partial charge in [-0.3, -0.25) is 0 Å². The number of hydrogen-bond donors (Lipinski definition) is 0. The van der Waals surface area contributed by atoms with Crippen LogP contribution in [0.1, 0.15) is 17.7 Å². The Hall–Kier alpha value is -0.670. The zero-order chi connectivity index (χ0) is 12.5. The van der Waals surface area contributed by atoms with Crippen LogP contribution < -0.4 is 4.74 Å². The van der Waals surface area contributed by atoms with Crippen molar-refractivity contribution in [2.45, 2.75) is 19.7 Å². The fourth-order valence-corrected chi connectivity index (χ4v) is 1.49. The van der Waals surface area contributed by atoms with Gasteiger partial charge in [0.05, 0.1) is 5.69 Å². The van der Waals surface area contributed by atoms with Crippen LogP contribution in [0, 0.1) is 10.5 Å². The molecule has 0 atom stereocenters. The summed E-state index contributed by atoms with van der Waals surface area (Å²) in [5, 5.41) is 0. The van der Waals surface area contributed by atoms with Crippen molar-refractivity contribution >= 4 is 22.6 Å². The van der Waals surface area contributed by atoms with Gasteiger partial charge in [0.2, 0.25) is 5.88 Å². The first kappa shape index (κ1) is 13.4. The van der Waals surface area contributed by atoms with Crippen molar-refractivity contribution < 1.29 is 26.7 Å². The highest BCUT2D eigenvalue weighted by atomic mass is 127. The minimum atomic E-state index is -4.94. The number of halogens is 6. The third-order valence-electron chi connectivity index (χ3n) is 1.58. The second kappa shape index (κ2) is 4.68. The highest BCUT2D eigenvalue weighted by molar-refractivity contribution is 14.1. The lowest BCUT2D eigenvalue weighted by Crippen LogP contribution is -2.18. The molecule has 0 unspecified atom stereocenters. The predicted molar refractivity (Wildman–Crippen MR) is 53.3 cm³/mol. The molecule has 1 heterocycles. The van der Waals surface area contributed by atoms with Crippen LogP contribution in [0.3, 0.4) is 0 Å². The molecule has 2 nitrogen and oxygen atoms in total. The van der Waals surface area contributed by atoms with Gasteiger partial charge >= 0.3 is 6.36 Å². The first-order chi connectivity index (χ1) is 7.20. The van der Waals surface area contributed by atoms with Crippen LogP contribution in [-0.2, 0) is 0 Å². The molecule has 0 aromatic carbocycles. The lowest BCUT2D eigenvalue weighted by atomic mass is 10.2. The average molecular weight is 353 g/mol. The van der Waals surface area contributed by atoms with Crippen molar-refractivity contribution in [1.29, 1.82) is 0 Å². The Bertz CT molecular complexity index is 393. The molecule has 8 heteroatoms. The number of aromatic nitrogens is 1. The van der Waals surface area contributed by atoms with Crippen LogP contribution in [0.5, 0.6) is 5.88 Å². The Balaban J connectivity index is 3.14. The van der Waals surface area contributed by atoms with Crippen LogP contribution in [-0.4, -0.2) is 11.3 Å². The number of hydrogen-bond acceptors (Lipinski definition) is 2. The number of nitrogens with zero attached hydrogens (tertiary/aromatic N) is 1. The van der Waals surface area contributed by atoms with Gasteiger partial charge in [-0.25, -0.2) is 13.8 Å². The molecule has 0 saturated heterocycles. The van der Waals surface area contributed by atoms with Crippen molar-refractivity contribution in [1.82, 2.24) is 4.98 Å². The van der Waals surface area contributed by atoms with E-state index in [9.17, 15) is 22.0 Å². The van der Waals surface area contributed by atoms with Gasteiger partial charge in [0.25, 0.3) is 6.43 Å². The summed E-state index contributed by atoms with van der Waals surface area (Å²) in [6, 6.07) is 0.590. The van der Waals surface area contributed by atoms with Crippen LogP contribution in [0.15, 0.2) is 6.07 Å². The smallest absolute Gasteiger partial charge is 0.388 e. The highest BCUT2D eigenvalue weighted by Crippen LogP contribution is 2.30. The molecule has 0 spiro atoms. The van der Waals surface area contributed by atoms with E-state index < -0.39 is 24.2 Å². The van der Waals surface area contributed by atoms with Gasteiger partial charge in [0, 0.05) is 15.2 Å². The van der Waals surface area contributed by atoms with Crippen LogP contribution in [0.4, 0.5) is 22.0 Å². The summed E-state index contributed by atoms with van der Waals surface area (Å²) < 4.78 is 64.1. The molecule has 1 aromatic rings. The third kappa shape index (κ3) is 3.42. The van der Waals surface area contributed by atoms with Crippen LogP contribution in [0.2, 0.25) is 0 Å². The quantitative estimate of drug-likeness (QED) is 0.596. The summed E-state index contributed by atoms with van der Waals surface area (Å²) >= 11 is 1.59. The van der Waals surface area contributed by atoms with E-state index in [1.54, 1.807) is 22.6 Å². The number of alkyl halides is 5. The van der Waals surface area contributed by atoms with Gasteiger partial charge in [-0.05, 0) is 29.5 Å². The van der Waals surface area contributed by atoms with E-state index in [0.29, 0.717) is 6.07 Å². The molecule has 0 saturated carbocycles. The molecule has 0 aliphatic heterocycles. The average Bonchev–Trinajstić information content (AvgIpc) is 2.07. The summed E-state index contributed by atoms with van der Waals surface area (Å²) in [5.74, 6) is -0.874. The summed E-state index contributed by atoms with van der Waals surface area (Å²) in [4.78, 5) is 3.42. The molecule has 0 amide bonds. The van der Waals surface area contributed by atoms with Crippen LogP contribution in [0.25, 0.3) is 0 Å². The number of ether oxygens (including phenoxy) is 1. The zero-order valence-corrected chi connectivity index (χ0v) is 9.94. The van der Waals surface area contributed by atoms with E-state index in [-0.39, 0.29) is 9.26 Å². The van der Waals surface area contributed by atoms with Crippen molar-refractivity contribution in [2.24, 2.45) is 0 Å². The summed E-state index contributed by atoms with van der Waals surface area (Å²) in [5.41, 5.74) is -0.454. The van der Waals surface area contributed by atoms with E-state index in [2.05, 4.69) is 9.72 Å². The Morgan fingerprint density at radius 2 is 1.94 bits per heavy atom. The predicted octanol–water partition coefficient (Wildman–Crippen LogP) is 3.83. The van der Waals surface area contributed by atoms with Gasteiger partial charge in [-0.15, -0.1) is 13.2 Å². The van der Waals surface area contributed by atoms with Gasteiger partial charge < -0.3 is 4.74 Å². The Morgan fingerprint density at radius 3 is 2.38 bits per heavy atom. The van der Waals surface area contributed by atoms with E-state index in [1.807, 2.05) is 0 Å². The van der Waals surface area contributed by atoms with E-state index in [0.717, 1.165) is 0 Å². The molecule has 1 aromatic heterocycles. The molecule has 1 rings (SSSR count). The summed E-state index contributed by atoms with van der Waals surface area (Å²) in [7, 11) is 0. The number of pyridine rings is 1. The molecule has 0 radical (unpaired) electrons. The molecule has 0 fully saturated rings. The lowest BCUT2D eigenvalue weighted by Gasteiger charge is -2.11. The SMILES string of the molecule is Cc1nc(OC(F)(F)F)cc(C(F)F)c1I. The first-order valence-corrected chi connectivity index (χ1v) is 4.99. The summed E-state index contributed by atoms with van der Waals surface area (Å²) in [6.07, 6.45) is -7.81. The Morgan fingerprint density at radius 1 is 1.38 bits per heavy atom. The fourth-order valence-electron chi connectivity index (χ4n) is 0.982. The maximum Gasteiger partial charge on any atom is 0.574 e. The van der Waals surface area contributed by atoms with Gasteiger partial charge in [-0.1, -0.05) is 0 Å². The standard InChI is InChI=1S/C8H5F5INO/c1-3-6(14)4(7(9)10)2-5(15-3)16-8(11,12)13/h2,7H,1H3. The minimum absolute atomic E-state index is 0.0673. The van der Waals surface area contributed by atoms with Crippen molar-refractivity contribution in [3.05, 3.63) is 20.9 Å². The van der Waals surface area contributed by atoms with Gasteiger partial charge in [-0.2, -0.15) is 0 Å². The Labute approximate surface area is 101 Å². The van der Waals surface area contributed by atoms with Crippen LogP contribution >= 0.6 is 22.6 Å². The number of rotatable bonds is 2. The largest absolute Gasteiger partial charge is 0.574 e. The van der Waals surface area contributed by atoms with Gasteiger partial charge in [0.15, 0.2) is 0 Å². The Kier molecular flexibility index (Phi) is 3.92. The van der Waals surface area contributed by atoms with E-state index in [1.165, 1.54) is 6.92 Å². The molecule has 0 bridgehead atoms. The highest BCUT2D eigenvalue weighted by Gasteiger charge is 2.32. The second-order valence-electron chi connectivity index (χ2n) is 2.80. The van der Waals surface area contributed by atoms with Crippen molar-refractivity contribution in [3.63, 3.8) is 0 Å². The molecule has 0 N–H and O–H groups in total. The molecular formula is C8H5F5INO. The maximum absolute atomic E-state index is 12.5. The summed E-state index contributed by atoms with van der Waals surface area (Å²) in [6.45, 7) is 1.33. The van der Waals surface area contributed by atoms with E-state index in [4.69, 9.17) is 0 Å². The topological polar surface area (TPSA) is 22.1 Å². The van der Waals surface area contributed by atoms with Crippen molar-refractivity contribution in [3.8, 4) is 5.88 Å². The second-order valence-corrected chi connectivity index (χ2v) is 3.88. The zero-order valence-electron chi connectivity index (χ0n) is 7.78.